The van der Waals surface area contributed by atoms with Crippen molar-refractivity contribution < 1.29 is 19.4 Å². The Hall–Kier alpha value is -1.74. The minimum Gasteiger partial charge on any atom is -0.387 e. The minimum atomic E-state index is -1.27. The Balaban J connectivity index is 1.52. The first-order valence-corrected chi connectivity index (χ1v) is 17.3. The first-order valence-electron chi connectivity index (χ1n) is 13.6. The van der Waals surface area contributed by atoms with Gasteiger partial charge in [-0.3, -0.25) is 4.79 Å². The van der Waals surface area contributed by atoms with Crippen LogP contribution in [0.15, 0.2) is 18.2 Å². The number of carbonyl (C=O) groups excluding carboxylic acids is 2. The molecule has 4 aliphatic rings. The third-order valence-electron chi connectivity index (χ3n) is 9.67. The van der Waals surface area contributed by atoms with Crippen molar-refractivity contribution in [1.82, 2.24) is 14.7 Å². The molecule has 1 saturated carbocycles. The fraction of sp³-hybridized carbons (Fsp3) is 0.714. The van der Waals surface area contributed by atoms with Crippen LogP contribution in [-0.2, 0) is 21.4 Å². The number of urea groups is 1. The summed E-state index contributed by atoms with van der Waals surface area (Å²) in [7, 11) is 0.840. The Kier molecular flexibility index (Phi) is 6.22. The van der Waals surface area contributed by atoms with Crippen LogP contribution >= 0.6 is 0 Å². The molecule has 3 fully saturated rings. The van der Waals surface area contributed by atoms with E-state index in [1.54, 1.807) is 4.90 Å². The maximum atomic E-state index is 14.1. The van der Waals surface area contributed by atoms with E-state index < -0.39 is 24.6 Å². The number of aliphatic hydroxyl groups is 1. The lowest BCUT2D eigenvalue weighted by atomic mass is 9.46. The Bertz CT molecular complexity index is 1070. The van der Waals surface area contributed by atoms with E-state index in [4.69, 9.17) is 4.74 Å². The number of piperidine rings is 1. The summed E-state index contributed by atoms with van der Waals surface area (Å²) in [6.07, 6.45) is 3.07. The predicted octanol–water partition coefficient (Wildman–Crippen LogP) is 3.74. The second-order valence-corrected chi connectivity index (χ2v) is 18.6. The molecule has 198 valence electrons. The summed E-state index contributed by atoms with van der Waals surface area (Å²) in [6, 6.07) is 7.35. The van der Waals surface area contributed by atoms with E-state index in [9.17, 15) is 14.7 Å². The van der Waals surface area contributed by atoms with Crippen molar-refractivity contribution in [2.45, 2.75) is 94.2 Å². The highest BCUT2D eigenvalue weighted by Gasteiger charge is 2.71. The van der Waals surface area contributed by atoms with Crippen LogP contribution in [0.2, 0.25) is 25.7 Å². The van der Waals surface area contributed by atoms with Gasteiger partial charge < -0.3 is 19.6 Å². The van der Waals surface area contributed by atoms with Gasteiger partial charge in [0.15, 0.2) is 0 Å². The first-order chi connectivity index (χ1) is 16.9. The highest BCUT2D eigenvalue weighted by Crippen LogP contribution is 2.62. The maximum absolute atomic E-state index is 14.1. The molecule has 2 aliphatic carbocycles. The van der Waals surface area contributed by atoms with Crippen molar-refractivity contribution >= 4 is 20.0 Å². The normalized spacial score (nSPS) is 34.4. The van der Waals surface area contributed by atoms with Gasteiger partial charge >= 0.3 is 6.03 Å². The van der Waals surface area contributed by atoms with Gasteiger partial charge in [-0.25, -0.2) is 9.69 Å². The summed E-state index contributed by atoms with van der Waals surface area (Å²) in [5, 5.41) is 12.4. The van der Waals surface area contributed by atoms with Gasteiger partial charge in [-0.2, -0.15) is 0 Å². The van der Waals surface area contributed by atoms with Crippen LogP contribution < -0.4 is 0 Å². The Morgan fingerprint density at radius 2 is 1.92 bits per heavy atom. The van der Waals surface area contributed by atoms with Crippen molar-refractivity contribution in [3.05, 3.63) is 34.9 Å². The fourth-order valence-corrected chi connectivity index (χ4v) is 8.40. The summed E-state index contributed by atoms with van der Waals surface area (Å²) in [4.78, 5) is 33.1. The lowest BCUT2D eigenvalue weighted by Crippen LogP contribution is -2.76. The predicted molar refractivity (Wildman–Crippen MR) is 143 cm³/mol. The van der Waals surface area contributed by atoms with Crippen molar-refractivity contribution in [2.75, 3.05) is 33.5 Å². The number of amides is 3. The molecule has 0 aromatic heterocycles. The number of nitrogens with zero attached hydrogens (tertiary/aromatic N) is 3. The van der Waals surface area contributed by atoms with Crippen molar-refractivity contribution in [3.63, 3.8) is 0 Å². The van der Waals surface area contributed by atoms with Crippen LogP contribution in [0, 0.1) is 6.92 Å². The van der Waals surface area contributed by atoms with E-state index in [1.807, 2.05) is 6.92 Å². The molecule has 5 rings (SSSR count). The SMILES string of the molecule is CCN1C(=O)N(COCC[Si](C)(C)C)C(=O)[C@@]12CC[C@@]1(O)[C@H]3Cc4ccc(C)cc4[C@@]1(CCN3C)C2. The minimum absolute atomic E-state index is 0.0126. The number of carbonyl (C=O) groups is 2. The highest BCUT2D eigenvalue weighted by atomic mass is 28.3. The van der Waals surface area contributed by atoms with Crippen LogP contribution in [0.3, 0.4) is 0 Å². The number of fused-ring (bicyclic) bond motifs is 1. The molecule has 2 aliphatic heterocycles. The lowest BCUT2D eigenvalue weighted by Gasteiger charge is -2.66. The molecule has 8 heteroatoms. The number of ether oxygens (including phenoxy) is 1. The van der Waals surface area contributed by atoms with Crippen LogP contribution in [0.5, 0.6) is 0 Å². The molecule has 0 unspecified atom stereocenters. The van der Waals surface area contributed by atoms with E-state index in [0.29, 0.717) is 32.4 Å². The van der Waals surface area contributed by atoms with Gasteiger partial charge in [0.2, 0.25) is 0 Å². The van der Waals surface area contributed by atoms with E-state index >= 15 is 0 Å². The van der Waals surface area contributed by atoms with Gasteiger partial charge in [-0.05, 0) is 76.7 Å². The van der Waals surface area contributed by atoms with E-state index in [1.165, 1.54) is 21.6 Å². The van der Waals surface area contributed by atoms with Crippen molar-refractivity contribution in [2.24, 2.45) is 0 Å². The molecule has 2 bridgehead atoms. The summed E-state index contributed by atoms with van der Waals surface area (Å²) < 4.78 is 5.89. The lowest BCUT2D eigenvalue weighted by molar-refractivity contribution is -0.184. The second kappa shape index (κ2) is 8.65. The molecule has 0 radical (unpaired) electrons. The molecular weight excluding hydrogens is 470 g/mol. The van der Waals surface area contributed by atoms with Gasteiger partial charge in [0.25, 0.3) is 5.91 Å². The molecule has 7 nitrogen and oxygen atoms in total. The quantitative estimate of drug-likeness (QED) is 0.356. The Morgan fingerprint density at radius 1 is 1.17 bits per heavy atom. The summed E-state index contributed by atoms with van der Waals surface area (Å²) in [5.41, 5.74) is 1.22. The summed E-state index contributed by atoms with van der Waals surface area (Å²) in [5.74, 6) is -0.144. The molecule has 1 aromatic carbocycles. The van der Waals surface area contributed by atoms with Crippen molar-refractivity contribution in [1.29, 1.82) is 0 Å². The van der Waals surface area contributed by atoms with Gasteiger partial charge in [-0.1, -0.05) is 43.4 Å². The van der Waals surface area contributed by atoms with Gasteiger partial charge in [0, 0.05) is 32.7 Å². The molecule has 3 amide bonds. The average Bonchev–Trinajstić information content (AvgIpc) is 2.99. The Labute approximate surface area is 216 Å². The largest absolute Gasteiger partial charge is 0.387 e. The second-order valence-electron chi connectivity index (χ2n) is 12.9. The van der Waals surface area contributed by atoms with Gasteiger partial charge in [-0.15, -0.1) is 0 Å². The molecular formula is C28H43N3O4Si. The van der Waals surface area contributed by atoms with Crippen molar-refractivity contribution in [3.8, 4) is 0 Å². The Morgan fingerprint density at radius 3 is 2.61 bits per heavy atom. The van der Waals surface area contributed by atoms with Gasteiger partial charge in [0.05, 0.1) is 5.60 Å². The number of hydrogen-bond acceptors (Lipinski definition) is 5. The molecule has 1 aromatic rings. The highest BCUT2D eigenvalue weighted by molar-refractivity contribution is 6.76. The zero-order valence-corrected chi connectivity index (χ0v) is 23.9. The summed E-state index contributed by atoms with van der Waals surface area (Å²) >= 11 is 0. The molecule has 1 N–H and O–H groups in total. The number of rotatable bonds is 6. The number of aryl methyl sites for hydroxylation is 1. The van der Waals surface area contributed by atoms with Crippen LogP contribution in [0.25, 0.3) is 0 Å². The zero-order chi connectivity index (χ0) is 26.1. The van der Waals surface area contributed by atoms with E-state index in [2.05, 4.69) is 56.7 Å². The number of hydrogen-bond donors (Lipinski definition) is 1. The number of imide groups is 1. The molecule has 36 heavy (non-hydrogen) atoms. The topological polar surface area (TPSA) is 73.3 Å². The third-order valence-corrected chi connectivity index (χ3v) is 11.4. The fourth-order valence-electron chi connectivity index (χ4n) is 7.65. The first kappa shape index (κ1) is 25.9. The number of benzene rings is 1. The molecule has 2 heterocycles. The third kappa shape index (κ3) is 3.62. The monoisotopic (exact) mass is 513 g/mol. The standard InChI is InChI=1S/C28H43N3O4Si/c1-7-31-25(33)30(19-35-14-15-36(4,5)6)24(32)27(31)10-11-28(34)23-17-21-9-8-20(2)16-22(21)26(28,18-27)12-13-29(23)3/h8-9,16,23,34H,7,10-15,17-19H2,1-6H3/t23-,26-,27+,28-/m1/s1. The maximum Gasteiger partial charge on any atom is 0.329 e. The smallest absolute Gasteiger partial charge is 0.329 e. The molecule has 1 spiro atoms. The van der Waals surface area contributed by atoms with Crippen LogP contribution in [0.1, 0.15) is 49.3 Å². The van der Waals surface area contributed by atoms with Crippen LogP contribution in [0.4, 0.5) is 4.79 Å². The van der Waals surface area contributed by atoms with Gasteiger partial charge in [0.1, 0.15) is 12.3 Å². The number of likely N-dealkylation sites (N-methyl/N-ethyl adjacent to an activating group) is 2. The van der Waals surface area contributed by atoms with Crippen LogP contribution in [-0.4, -0.2) is 90.5 Å². The van der Waals surface area contributed by atoms with E-state index in [0.717, 1.165) is 25.4 Å². The average molecular weight is 514 g/mol. The number of likely N-dealkylation sites (tertiary alicyclic amines) is 1. The molecule has 4 atom stereocenters. The zero-order valence-electron chi connectivity index (χ0n) is 22.9. The molecule has 2 saturated heterocycles. The van der Waals surface area contributed by atoms with E-state index in [-0.39, 0.29) is 24.7 Å². The summed E-state index contributed by atoms with van der Waals surface area (Å²) in [6.45, 7) is 12.8.